The van der Waals surface area contributed by atoms with Crippen molar-refractivity contribution in [1.82, 2.24) is 15.2 Å². The lowest BCUT2D eigenvalue weighted by Crippen LogP contribution is -2.34. The molecule has 1 aliphatic rings. The van der Waals surface area contributed by atoms with Crippen LogP contribution in [0.25, 0.3) is 0 Å². The Morgan fingerprint density at radius 2 is 2.11 bits per heavy atom. The Morgan fingerprint density at radius 1 is 1.33 bits per heavy atom. The first-order chi connectivity index (χ1) is 8.78. The lowest BCUT2D eigenvalue weighted by atomic mass is 9.86. The van der Waals surface area contributed by atoms with Crippen molar-refractivity contribution < 1.29 is 0 Å². The van der Waals surface area contributed by atoms with Crippen LogP contribution in [0.1, 0.15) is 31.2 Å². The average molecular weight is 247 g/mol. The molecule has 0 unspecified atom stereocenters. The lowest BCUT2D eigenvalue weighted by Gasteiger charge is -2.31. The first-order valence-electron chi connectivity index (χ1n) is 7.02. The molecule has 0 atom stereocenters. The fraction of sp³-hybridized carbons (Fsp3) is 0.667. The molecule has 100 valence electrons. The molecule has 18 heavy (non-hydrogen) atoms. The van der Waals surface area contributed by atoms with E-state index in [2.05, 4.69) is 35.4 Å². The first-order valence-corrected chi connectivity index (χ1v) is 7.02. The van der Waals surface area contributed by atoms with Crippen molar-refractivity contribution in [1.29, 1.82) is 0 Å². The minimum Gasteiger partial charge on any atom is -0.317 e. The van der Waals surface area contributed by atoms with Gasteiger partial charge in [-0.2, -0.15) is 0 Å². The zero-order chi connectivity index (χ0) is 12.8. The van der Waals surface area contributed by atoms with Crippen LogP contribution in [-0.4, -0.2) is 36.6 Å². The third kappa shape index (κ3) is 4.07. The van der Waals surface area contributed by atoms with E-state index in [9.17, 15) is 0 Å². The summed E-state index contributed by atoms with van der Waals surface area (Å²) in [4.78, 5) is 6.60. The van der Waals surface area contributed by atoms with Gasteiger partial charge in [-0.25, -0.2) is 0 Å². The van der Waals surface area contributed by atoms with Crippen molar-refractivity contribution in [3.63, 3.8) is 0 Å². The number of aromatic nitrogens is 1. The summed E-state index contributed by atoms with van der Waals surface area (Å²) in [5.41, 5.74) is 1.31. The zero-order valence-electron chi connectivity index (χ0n) is 11.6. The second kappa shape index (κ2) is 6.86. The van der Waals surface area contributed by atoms with Crippen molar-refractivity contribution in [3.8, 4) is 0 Å². The van der Waals surface area contributed by atoms with Crippen LogP contribution in [0.3, 0.4) is 0 Å². The molecule has 0 radical (unpaired) electrons. The smallest absolute Gasteiger partial charge is 0.0312 e. The van der Waals surface area contributed by atoms with Crippen LogP contribution in [0, 0.1) is 5.92 Å². The molecule has 1 aromatic heterocycles. The van der Waals surface area contributed by atoms with Gasteiger partial charge in [0, 0.05) is 31.5 Å². The Labute approximate surface area is 111 Å². The minimum atomic E-state index is 0.755. The summed E-state index contributed by atoms with van der Waals surface area (Å²) in [5, 5.41) is 3.40. The van der Waals surface area contributed by atoms with Crippen molar-refractivity contribution in [3.05, 3.63) is 30.1 Å². The Hall–Kier alpha value is -0.930. The number of hydrogen-bond acceptors (Lipinski definition) is 3. The van der Waals surface area contributed by atoms with E-state index in [1.807, 2.05) is 18.5 Å². The molecule has 0 saturated heterocycles. The van der Waals surface area contributed by atoms with Gasteiger partial charge in [0.05, 0.1) is 0 Å². The highest BCUT2D eigenvalue weighted by Crippen LogP contribution is 2.24. The molecule has 1 fully saturated rings. The highest BCUT2D eigenvalue weighted by Gasteiger charge is 2.20. The topological polar surface area (TPSA) is 28.2 Å². The molecule has 2 rings (SSSR count). The van der Waals surface area contributed by atoms with Gasteiger partial charge in [0.15, 0.2) is 0 Å². The molecule has 1 N–H and O–H groups in total. The molecule has 0 amide bonds. The normalized spacial score (nSPS) is 24.4. The third-order valence-corrected chi connectivity index (χ3v) is 4.00. The van der Waals surface area contributed by atoms with Gasteiger partial charge in [-0.3, -0.25) is 4.98 Å². The van der Waals surface area contributed by atoms with E-state index in [0.717, 1.165) is 18.5 Å². The standard InChI is InChI=1S/C15H25N3/c1-16-15-7-5-13(6-8-15)11-18(2)12-14-4-3-9-17-10-14/h3-4,9-10,13,15-16H,5-8,11-12H2,1-2H3. The molecule has 3 heteroatoms. The molecule has 0 spiro atoms. The summed E-state index contributed by atoms with van der Waals surface area (Å²) in [6, 6.07) is 4.92. The number of pyridine rings is 1. The van der Waals surface area contributed by atoms with Crippen LogP contribution in [0.4, 0.5) is 0 Å². The van der Waals surface area contributed by atoms with Crippen LogP contribution in [-0.2, 0) is 6.54 Å². The van der Waals surface area contributed by atoms with Gasteiger partial charge >= 0.3 is 0 Å². The molecule has 1 heterocycles. The summed E-state index contributed by atoms with van der Waals surface area (Å²) < 4.78 is 0. The maximum Gasteiger partial charge on any atom is 0.0312 e. The van der Waals surface area contributed by atoms with E-state index in [4.69, 9.17) is 0 Å². The Morgan fingerprint density at radius 3 is 2.72 bits per heavy atom. The van der Waals surface area contributed by atoms with E-state index in [1.165, 1.54) is 37.8 Å². The second-order valence-corrected chi connectivity index (χ2v) is 5.56. The van der Waals surface area contributed by atoms with Crippen molar-refractivity contribution >= 4 is 0 Å². The molecule has 3 nitrogen and oxygen atoms in total. The second-order valence-electron chi connectivity index (χ2n) is 5.56. The van der Waals surface area contributed by atoms with Crippen molar-refractivity contribution in [2.45, 2.75) is 38.3 Å². The number of nitrogens with one attached hydrogen (secondary N) is 1. The van der Waals surface area contributed by atoms with E-state index >= 15 is 0 Å². The molecular formula is C15H25N3. The van der Waals surface area contributed by atoms with Gasteiger partial charge < -0.3 is 10.2 Å². The van der Waals surface area contributed by atoms with E-state index in [1.54, 1.807) is 0 Å². The van der Waals surface area contributed by atoms with Crippen LogP contribution >= 0.6 is 0 Å². The van der Waals surface area contributed by atoms with Crippen molar-refractivity contribution in [2.24, 2.45) is 5.92 Å². The van der Waals surface area contributed by atoms with Gasteiger partial charge in [-0.1, -0.05) is 6.07 Å². The summed E-state index contributed by atoms with van der Waals surface area (Å²) >= 11 is 0. The largest absolute Gasteiger partial charge is 0.317 e. The first kappa shape index (κ1) is 13.5. The molecule has 0 aliphatic heterocycles. The fourth-order valence-corrected chi connectivity index (χ4v) is 2.94. The summed E-state index contributed by atoms with van der Waals surface area (Å²) in [6.07, 6.45) is 9.20. The van der Waals surface area contributed by atoms with Gasteiger partial charge in [-0.15, -0.1) is 0 Å². The molecule has 1 aliphatic carbocycles. The van der Waals surface area contributed by atoms with Crippen LogP contribution < -0.4 is 5.32 Å². The van der Waals surface area contributed by atoms with Crippen LogP contribution in [0.5, 0.6) is 0 Å². The fourth-order valence-electron chi connectivity index (χ4n) is 2.94. The molecule has 0 bridgehead atoms. The van der Waals surface area contributed by atoms with E-state index in [-0.39, 0.29) is 0 Å². The number of hydrogen-bond donors (Lipinski definition) is 1. The lowest BCUT2D eigenvalue weighted by molar-refractivity contribution is 0.211. The predicted octanol–water partition coefficient (Wildman–Crippen LogP) is 2.29. The van der Waals surface area contributed by atoms with Gasteiger partial charge in [0.1, 0.15) is 0 Å². The summed E-state index contributed by atoms with van der Waals surface area (Å²) in [7, 11) is 4.30. The highest BCUT2D eigenvalue weighted by atomic mass is 15.1. The zero-order valence-corrected chi connectivity index (χ0v) is 11.6. The number of rotatable bonds is 5. The molecule has 1 saturated carbocycles. The predicted molar refractivity (Wildman–Crippen MR) is 75.4 cm³/mol. The maximum atomic E-state index is 4.17. The monoisotopic (exact) mass is 247 g/mol. The van der Waals surface area contributed by atoms with E-state index < -0.39 is 0 Å². The molecule has 1 aromatic rings. The SMILES string of the molecule is CNC1CCC(CN(C)Cc2cccnc2)CC1. The summed E-state index contributed by atoms with van der Waals surface area (Å²) in [5.74, 6) is 0.872. The van der Waals surface area contributed by atoms with Gasteiger partial charge in [0.2, 0.25) is 0 Å². The summed E-state index contributed by atoms with van der Waals surface area (Å²) in [6.45, 7) is 2.23. The molecule has 0 aromatic carbocycles. The number of nitrogens with zero attached hydrogens (tertiary/aromatic N) is 2. The van der Waals surface area contributed by atoms with Crippen LogP contribution in [0.2, 0.25) is 0 Å². The highest BCUT2D eigenvalue weighted by molar-refractivity contribution is 5.07. The maximum absolute atomic E-state index is 4.17. The Balaban J connectivity index is 1.73. The van der Waals surface area contributed by atoms with Gasteiger partial charge in [-0.05, 0) is 57.3 Å². The Kier molecular flexibility index (Phi) is 5.14. The third-order valence-electron chi connectivity index (χ3n) is 4.00. The molecular weight excluding hydrogens is 222 g/mol. The quantitative estimate of drug-likeness (QED) is 0.865. The van der Waals surface area contributed by atoms with E-state index in [0.29, 0.717) is 0 Å². The van der Waals surface area contributed by atoms with Crippen molar-refractivity contribution in [2.75, 3.05) is 20.6 Å². The van der Waals surface area contributed by atoms with Gasteiger partial charge in [0.25, 0.3) is 0 Å². The van der Waals surface area contributed by atoms with Crippen LogP contribution in [0.15, 0.2) is 24.5 Å². The average Bonchev–Trinajstić information content (AvgIpc) is 2.40. The Bertz CT molecular complexity index is 331. The minimum absolute atomic E-state index is 0.755.